The Hall–Kier alpha value is -1.40. The van der Waals surface area contributed by atoms with Gasteiger partial charge in [-0.05, 0) is 19.3 Å². The van der Waals surface area contributed by atoms with Crippen LogP contribution >= 0.6 is 0 Å². The number of carboxylic acids is 1. The lowest BCUT2D eigenvalue weighted by Gasteiger charge is -2.23. The third-order valence-electron chi connectivity index (χ3n) is 4.96. The Morgan fingerprint density at radius 3 is 2.90 bits per heavy atom. The Bertz CT molecular complexity index is 510. The fraction of sp³-hybridized carbons (Fsp3) is 0.733. The van der Waals surface area contributed by atoms with Crippen LogP contribution in [0.5, 0.6) is 0 Å². The first-order valence-corrected chi connectivity index (χ1v) is 7.85. The van der Waals surface area contributed by atoms with Crippen molar-refractivity contribution >= 4 is 5.97 Å². The molecule has 6 nitrogen and oxygen atoms in total. The van der Waals surface area contributed by atoms with Gasteiger partial charge < -0.3 is 10.8 Å². The molecule has 1 aromatic heterocycles. The molecule has 21 heavy (non-hydrogen) atoms. The van der Waals surface area contributed by atoms with Gasteiger partial charge >= 0.3 is 5.97 Å². The average molecular weight is 292 g/mol. The van der Waals surface area contributed by atoms with Crippen molar-refractivity contribution in [2.75, 3.05) is 13.1 Å². The van der Waals surface area contributed by atoms with E-state index in [-0.39, 0.29) is 0 Å². The first-order chi connectivity index (χ1) is 10.1. The fourth-order valence-electron chi connectivity index (χ4n) is 3.66. The van der Waals surface area contributed by atoms with Crippen LogP contribution in [0.4, 0.5) is 0 Å². The van der Waals surface area contributed by atoms with Crippen molar-refractivity contribution in [3.63, 3.8) is 0 Å². The van der Waals surface area contributed by atoms with Crippen molar-refractivity contribution in [2.45, 2.75) is 56.5 Å². The SMILES string of the molecule is N[C@@]1(C(=O)O)CCN(Cc2cn[nH]c2C2CCCCC2)C1. The summed E-state index contributed by atoms with van der Waals surface area (Å²) in [6, 6.07) is 0. The number of carbonyl (C=O) groups is 1. The summed E-state index contributed by atoms with van der Waals surface area (Å²) >= 11 is 0. The number of nitrogens with one attached hydrogen (secondary N) is 1. The van der Waals surface area contributed by atoms with Crippen LogP contribution in [0.1, 0.15) is 55.7 Å². The number of nitrogens with zero attached hydrogens (tertiary/aromatic N) is 2. The molecule has 0 unspecified atom stereocenters. The fourth-order valence-corrected chi connectivity index (χ4v) is 3.66. The molecule has 2 fully saturated rings. The summed E-state index contributed by atoms with van der Waals surface area (Å²) in [6.45, 7) is 1.89. The smallest absolute Gasteiger partial charge is 0.325 e. The van der Waals surface area contributed by atoms with Crippen LogP contribution in [0.3, 0.4) is 0 Å². The van der Waals surface area contributed by atoms with Crippen molar-refractivity contribution in [2.24, 2.45) is 5.73 Å². The number of hydrogen-bond donors (Lipinski definition) is 3. The average Bonchev–Trinajstić information content (AvgIpc) is 3.08. The summed E-state index contributed by atoms with van der Waals surface area (Å²) in [5.74, 6) is -0.314. The molecule has 0 spiro atoms. The Balaban J connectivity index is 1.66. The molecule has 0 aromatic carbocycles. The van der Waals surface area contributed by atoms with Gasteiger partial charge in [0.15, 0.2) is 0 Å². The first-order valence-electron chi connectivity index (χ1n) is 7.85. The van der Waals surface area contributed by atoms with Crippen LogP contribution in [0.25, 0.3) is 0 Å². The summed E-state index contributed by atoms with van der Waals surface area (Å²) in [4.78, 5) is 13.3. The number of H-pyrrole nitrogens is 1. The molecule has 0 bridgehead atoms. The predicted molar refractivity (Wildman–Crippen MR) is 78.9 cm³/mol. The van der Waals surface area contributed by atoms with Gasteiger partial charge in [-0.1, -0.05) is 19.3 Å². The zero-order chi connectivity index (χ0) is 14.9. The van der Waals surface area contributed by atoms with Gasteiger partial charge in [0.1, 0.15) is 5.54 Å². The van der Waals surface area contributed by atoms with Crippen LogP contribution in [-0.4, -0.2) is 44.8 Å². The molecule has 1 atom stereocenters. The molecule has 0 amide bonds. The van der Waals surface area contributed by atoms with Crippen LogP contribution in [-0.2, 0) is 11.3 Å². The van der Waals surface area contributed by atoms with E-state index < -0.39 is 11.5 Å². The first kappa shape index (κ1) is 14.5. The van der Waals surface area contributed by atoms with E-state index in [1.807, 2.05) is 6.20 Å². The van der Waals surface area contributed by atoms with Gasteiger partial charge in [0, 0.05) is 36.8 Å². The highest BCUT2D eigenvalue weighted by Crippen LogP contribution is 2.34. The van der Waals surface area contributed by atoms with Gasteiger partial charge in [0.25, 0.3) is 0 Å². The molecule has 116 valence electrons. The number of aromatic nitrogens is 2. The number of carboxylic acid groups (broad SMARTS) is 1. The van der Waals surface area contributed by atoms with E-state index in [0.29, 0.717) is 18.9 Å². The third-order valence-corrected chi connectivity index (χ3v) is 4.96. The zero-order valence-electron chi connectivity index (χ0n) is 12.3. The third kappa shape index (κ3) is 2.96. The molecular weight excluding hydrogens is 268 g/mol. The zero-order valence-corrected chi connectivity index (χ0v) is 12.3. The Morgan fingerprint density at radius 2 is 2.24 bits per heavy atom. The number of rotatable bonds is 4. The van der Waals surface area contributed by atoms with Crippen molar-refractivity contribution in [1.29, 1.82) is 0 Å². The number of hydrogen-bond acceptors (Lipinski definition) is 4. The van der Waals surface area contributed by atoms with E-state index in [4.69, 9.17) is 5.73 Å². The van der Waals surface area contributed by atoms with E-state index in [1.165, 1.54) is 43.4 Å². The van der Waals surface area contributed by atoms with Crippen molar-refractivity contribution in [3.8, 4) is 0 Å². The minimum Gasteiger partial charge on any atom is -0.480 e. The van der Waals surface area contributed by atoms with E-state index in [9.17, 15) is 9.90 Å². The number of likely N-dealkylation sites (tertiary alicyclic amines) is 1. The monoisotopic (exact) mass is 292 g/mol. The molecule has 2 aliphatic rings. The number of nitrogens with two attached hydrogens (primary N) is 1. The van der Waals surface area contributed by atoms with Gasteiger partial charge in [-0.2, -0.15) is 5.10 Å². The molecule has 3 rings (SSSR count). The maximum atomic E-state index is 11.2. The van der Waals surface area contributed by atoms with Crippen LogP contribution in [0.2, 0.25) is 0 Å². The van der Waals surface area contributed by atoms with E-state index in [1.54, 1.807) is 0 Å². The Kier molecular flexibility index (Phi) is 3.99. The summed E-state index contributed by atoms with van der Waals surface area (Å²) in [5, 5.41) is 16.6. The van der Waals surface area contributed by atoms with Gasteiger partial charge in [0.05, 0.1) is 6.20 Å². The van der Waals surface area contributed by atoms with Crippen molar-refractivity contribution in [1.82, 2.24) is 15.1 Å². The lowest BCUT2D eigenvalue weighted by Crippen LogP contribution is -2.50. The molecule has 6 heteroatoms. The van der Waals surface area contributed by atoms with Gasteiger partial charge in [-0.25, -0.2) is 0 Å². The summed E-state index contributed by atoms with van der Waals surface area (Å²) < 4.78 is 0. The standard InChI is InChI=1S/C15H24N4O2/c16-15(14(20)21)6-7-19(10-15)9-12-8-17-18-13(12)11-4-2-1-3-5-11/h8,11H,1-7,9-10,16H2,(H,17,18)(H,20,21)/t15-/m0/s1. The quantitative estimate of drug-likeness (QED) is 0.780. The van der Waals surface area contributed by atoms with Crippen LogP contribution in [0, 0.1) is 0 Å². The molecule has 4 N–H and O–H groups in total. The lowest BCUT2D eigenvalue weighted by atomic mass is 9.85. The van der Waals surface area contributed by atoms with Crippen molar-refractivity contribution < 1.29 is 9.90 Å². The Labute approximate surface area is 124 Å². The molecule has 1 saturated carbocycles. The Morgan fingerprint density at radius 1 is 1.48 bits per heavy atom. The second kappa shape index (κ2) is 5.77. The van der Waals surface area contributed by atoms with Gasteiger partial charge in [0.2, 0.25) is 0 Å². The summed E-state index contributed by atoms with van der Waals surface area (Å²) in [5.41, 5.74) is 7.30. The van der Waals surface area contributed by atoms with Gasteiger partial charge in [-0.3, -0.25) is 14.8 Å². The molecule has 0 radical (unpaired) electrons. The molecule has 1 aromatic rings. The van der Waals surface area contributed by atoms with E-state index in [0.717, 1.165) is 13.1 Å². The van der Waals surface area contributed by atoms with E-state index in [2.05, 4.69) is 15.1 Å². The molecular formula is C15H24N4O2. The van der Waals surface area contributed by atoms with Crippen LogP contribution in [0.15, 0.2) is 6.20 Å². The van der Waals surface area contributed by atoms with Gasteiger partial charge in [-0.15, -0.1) is 0 Å². The molecule has 1 saturated heterocycles. The maximum Gasteiger partial charge on any atom is 0.325 e. The highest BCUT2D eigenvalue weighted by molar-refractivity contribution is 5.79. The largest absolute Gasteiger partial charge is 0.480 e. The minimum atomic E-state index is -1.09. The second-order valence-corrected chi connectivity index (χ2v) is 6.57. The van der Waals surface area contributed by atoms with Crippen LogP contribution < -0.4 is 5.73 Å². The molecule has 1 aliphatic carbocycles. The normalized spacial score (nSPS) is 28.0. The minimum absolute atomic E-state index is 0.414. The molecule has 1 aliphatic heterocycles. The highest BCUT2D eigenvalue weighted by atomic mass is 16.4. The lowest BCUT2D eigenvalue weighted by molar-refractivity contribution is -0.142. The number of aliphatic carboxylic acids is 1. The second-order valence-electron chi connectivity index (χ2n) is 6.57. The topological polar surface area (TPSA) is 95.2 Å². The predicted octanol–water partition coefficient (Wildman–Crippen LogP) is 1.45. The highest BCUT2D eigenvalue weighted by Gasteiger charge is 2.41. The van der Waals surface area contributed by atoms with Crippen molar-refractivity contribution in [3.05, 3.63) is 17.5 Å². The summed E-state index contributed by atoms with van der Waals surface area (Å²) in [7, 11) is 0. The number of aromatic amines is 1. The van der Waals surface area contributed by atoms with E-state index >= 15 is 0 Å². The molecule has 2 heterocycles. The maximum absolute atomic E-state index is 11.2. The summed E-state index contributed by atoms with van der Waals surface area (Å²) in [6.07, 6.45) is 8.77.